The van der Waals surface area contributed by atoms with Crippen LogP contribution in [0.1, 0.15) is 40.3 Å². The van der Waals surface area contributed by atoms with Crippen LogP contribution in [0.3, 0.4) is 0 Å². The molecule has 2 N–H and O–H groups in total. The Bertz CT molecular complexity index is 1690. The van der Waals surface area contributed by atoms with Crippen LogP contribution < -0.4 is 10.1 Å². The average molecular weight is 612 g/mol. The second-order valence-electron chi connectivity index (χ2n) is 10.4. The highest BCUT2D eigenvalue weighted by atomic mass is 19.1. The molecule has 1 aliphatic heterocycles. The fraction of sp³-hybridized carbons (Fsp3) is 0.235. The zero-order valence-electron chi connectivity index (χ0n) is 24.3. The van der Waals surface area contributed by atoms with Gasteiger partial charge in [0.25, 0.3) is 5.91 Å². The highest BCUT2D eigenvalue weighted by Gasteiger charge is 2.53. The molecule has 0 bridgehead atoms. The van der Waals surface area contributed by atoms with Crippen LogP contribution in [0.25, 0.3) is 10.4 Å². The van der Waals surface area contributed by atoms with E-state index in [1.165, 1.54) is 6.07 Å². The SMILES string of the molecule is [N-]=[N+]=NCc1ccccc1C[C@@]1(C(=O)NCc2c(F)cccc2F)N=C(c2ccc(OCCCO)cc2)O[C@@H]1c1ccccc1. The lowest BCUT2D eigenvalue weighted by Gasteiger charge is -2.31. The van der Waals surface area contributed by atoms with Gasteiger partial charge in [0.1, 0.15) is 17.4 Å². The number of carbonyl (C=O) groups is 1. The number of nitrogens with zero attached hydrogens (tertiary/aromatic N) is 4. The van der Waals surface area contributed by atoms with E-state index in [1.54, 1.807) is 36.4 Å². The van der Waals surface area contributed by atoms with Crippen molar-refractivity contribution in [2.45, 2.75) is 37.6 Å². The zero-order chi connectivity index (χ0) is 31.6. The van der Waals surface area contributed by atoms with E-state index in [4.69, 9.17) is 25.1 Å². The molecule has 0 saturated heterocycles. The Hall–Kier alpha value is -5.25. The van der Waals surface area contributed by atoms with Crippen molar-refractivity contribution in [1.29, 1.82) is 0 Å². The molecule has 0 saturated carbocycles. The normalized spacial score (nSPS) is 17.1. The smallest absolute Gasteiger partial charge is 0.252 e. The first-order valence-electron chi connectivity index (χ1n) is 14.4. The molecule has 0 aliphatic carbocycles. The Morgan fingerprint density at radius 1 is 0.978 bits per heavy atom. The van der Waals surface area contributed by atoms with Crippen LogP contribution in [0.2, 0.25) is 0 Å². The van der Waals surface area contributed by atoms with Crippen LogP contribution in [-0.4, -0.2) is 35.7 Å². The van der Waals surface area contributed by atoms with E-state index in [1.807, 2.05) is 42.5 Å². The van der Waals surface area contributed by atoms with E-state index in [-0.39, 0.29) is 31.0 Å². The minimum absolute atomic E-state index is 0.0172. The third kappa shape index (κ3) is 7.12. The Labute approximate surface area is 258 Å². The molecule has 0 unspecified atom stereocenters. The lowest BCUT2D eigenvalue weighted by molar-refractivity contribution is -0.129. The summed E-state index contributed by atoms with van der Waals surface area (Å²) in [4.78, 5) is 22.2. The quantitative estimate of drug-likeness (QED) is 0.0790. The maximum absolute atomic E-state index is 14.5. The molecule has 1 heterocycles. The number of halogens is 2. The summed E-state index contributed by atoms with van der Waals surface area (Å²) < 4.78 is 41.2. The number of carbonyl (C=O) groups excluding carboxylic acids is 1. The Morgan fingerprint density at radius 2 is 1.67 bits per heavy atom. The van der Waals surface area contributed by atoms with Crippen molar-refractivity contribution in [3.8, 4) is 5.75 Å². The van der Waals surface area contributed by atoms with Gasteiger partial charge in [-0.3, -0.25) is 4.79 Å². The summed E-state index contributed by atoms with van der Waals surface area (Å²) in [7, 11) is 0. The van der Waals surface area contributed by atoms with Crippen molar-refractivity contribution in [2.75, 3.05) is 13.2 Å². The number of rotatable bonds is 13. The summed E-state index contributed by atoms with van der Waals surface area (Å²) in [6.07, 6.45) is -0.403. The van der Waals surface area contributed by atoms with Crippen molar-refractivity contribution in [1.82, 2.24) is 5.32 Å². The summed E-state index contributed by atoms with van der Waals surface area (Å²) in [5, 5.41) is 15.5. The van der Waals surface area contributed by atoms with Crippen molar-refractivity contribution in [3.63, 3.8) is 0 Å². The van der Waals surface area contributed by atoms with Gasteiger partial charge in [-0.15, -0.1) is 0 Å². The maximum atomic E-state index is 14.5. The second kappa shape index (κ2) is 14.5. The third-order valence-corrected chi connectivity index (χ3v) is 7.50. The van der Waals surface area contributed by atoms with E-state index in [0.717, 1.165) is 12.1 Å². The molecule has 4 aromatic rings. The molecule has 11 heteroatoms. The number of aliphatic hydroxyl groups excluding tert-OH is 1. The number of benzene rings is 4. The summed E-state index contributed by atoms with van der Waals surface area (Å²) in [6.45, 7) is 0.00942. The van der Waals surface area contributed by atoms with Gasteiger partial charge >= 0.3 is 0 Å². The fourth-order valence-electron chi connectivity index (χ4n) is 5.22. The van der Waals surface area contributed by atoms with Crippen molar-refractivity contribution in [2.24, 2.45) is 10.1 Å². The molecule has 5 rings (SSSR count). The molecule has 230 valence electrons. The number of nitrogens with one attached hydrogen (secondary N) is 1. The molecule has 0 aromatic heterocycles. The number of ether oxygens (including phenoxy) is 2. The van der Waals surface area contributed by atoms with E-state index in [9.17, 15) is 13.6 Å². The van der Waals surface area contributed by atoms with Gasteiger partial charge in [-0.2, -0.15) is 0 Å². The number of aliphatic hydroxyl groups is 1. The molecule has 0 radical (unpaired) electrons. The standard InChI is InChI=1S/C34H31F2N5O4/c35-29-12-6-13-30(36)28(29)22-38-33(43)34(20-25-10-4-5-11-26(25)21-39-41-37)31(23-8-2-1-3-9-23)45-32(40-34)24-14-16-27(17-15-24)44-19-7-18-42/h1-6,8-17,31,42H,7,18-22H2,(H,38,43)/t31-,34-/m1/s1. The molecule has 2 atom stereocenters. The summed E-state index contributed by atoms with van der Waals surface area (Å²) in [5.41, 5.74) is 9.71. The molecule has 0 fully saturated rings. The summed E-state index contributed by atoms with van der Waals surface area (Å²) >= 11 is 0. The molecule has 9 nitrogen and oxygen atoms in total. The van der Waals surface area contributed by atoms with Crippen LogP contribution in [0.4, 0.5) is 8.78 Å². The first-order valence-corrected chi connectivity index (χ1v) is 14.4. The predicted octanol–water partition coefficient (Wildman–Crippen LogP) is 6.35. The van der Waals surface area contributed by atoms with Gasteiger partial charge in [-0.1, -0.05) is 65.8 Å². The van der Waals surface area contributed by atoms with E-state index in [0.29, 0.717) is 41.0 Å². The Balaban J connectivity index is 1.59. The molecule has 1 aliphatic rings. The Kier molecular flexibility index (Phi) is 10.0. The Morgan fingerprint density at radius 3 is 2.36 bits per heavy atom. The van der Waals surface area contributed by atoms with E-state index >= 15 is 0 Å². The number of azide groups is 1. The van der Waals surface area contributed by atoms with Gasteiger partial charge < -0.3 is 19.9 Å². The number of hydrogen-bond acceptors (Lipinski definition) is 6. The van der Waals surface area contributed by atoms with Gasteiger partial charge in [0, 0.05) is 42.0 Å². The highest BCUT2D eigenvalue weighted by Crippen LogP contribution is 2.43. The minimum Gasteiger partial charge on any atom is -0.494 e. The first-order chi connectivity index (χ1) is 21.9. The zero-order valence-corrected chi connectivity index (χ0v) is 24.3. The molecule has 45 heavy (non-hydrogen) atoms. The van der Waals surface area contributed by atoms with Crippen LogP contribution in [0.5, 0.6) is 5.75 Å². The molecule has 1 amide bonds. The molecular formula is C34H31F2N5O4. The largest absolute Gasteiger partial charge is 0.494 e. The first kappa shape index (κ1) is 31.2. The molecular weight excluding hydrogens is 580 g/mol. The number of amides is 1. The monoisotopic (exact) mass is 611 g/mol. The van der Waals surface area contributed by atoms with Crippen molar-refractivity contribution >= 4 is 11.8 Å². The second-order valence-corrected chi connectivity index (χ2v) is 10.4. The van der Waals surface area contributed by atoms with E-state index < -0.39 is 35.7 Å². The predicted molar refractivity (Wildman–Crippen MR) is 164 cm³/mol. The average Bonchev–Trinajstić information content (AvgIpc) is 3.45. The van der Waals surface area contributed by atoms with Crippen LogP contribution in [0.15, 0.2) is 107 Å². The van der Waals surface area contributed by atoms with Crippen molar-refractivity contribution in [3.05, 3.63) is 147 Å². The van der Waals surface area contributed by atoms with Gasteiger partial charge in [0.05, 0.1) is 13.2 Å². The maximum Gasteiger partial charge on any atom is 0.252 e. The van der Waals surface area contributed by atoms with Gasteiger partial charge in [0.15, 0.2) is 11.6 Å². The highest BCUT2D eigenvalue weighted by molar-refractivity contribution is 6.01. The van der Waals surface area contributed by atoms with Crippen molar-refractivity contribution < 1.29 is 28.2 Å². The molecule has 0 spiro atoms. The van der Waals surface area contributed by atoms with Gasteiger partial charge in [-0.05, 0) is 58.6 Å². The lowest BCUT2D eigenvalue weighted by atomic mass is 9.81. The molecule has 4 aromatic carbocycles. The summed E-state index contributed by atoms with van der Waals surface area (Å²) in [5.74, 6) is -1.37. The summed E-state index contributed by atoms with van der Waals surface area (Å²) in [6, 6.07) is 26.9. The van der Waals surface area contributed by atoms with Crippen LogP contribution in [0, 0.1) is 11.6 Å². The van der Waals surface area contributed by atoms with E-state index in [2.05, 4.69) is 15.3 Å². The van der Waals surface area contributed by atoms with Crippen LogP contribution in [-0.2, 0) is 29.0 Å². The number of aliphatic imine (C=N–C) groups is 1. The van der Waals surface area contributed by atoms with Gasteiger partial charge in [0.2, 0.25) is 5.90 Å². The third-order valence-electron chi connectivity index (χ3n) is 7.50. The van der Waals surface area contributed by atoms with Crippen LogP contribution >= 0.6 is 0 Å². The minimum atomic E-state index is -1.62. The van der Waals surface area contributed by atoms with Gasteiger partial charge in [-0.25, -0.2) is 13.8 Å². The topological polar surface area (TPSA) is 129 Å². The fourth-order valence-corrected chi connectivity index (χ4v) is 5.22. The number of hydrogen-bond donors (Lipinski definition) is 2. The lowest BCUT2D eigenvalue weighted by Crippen LogP contribution is -2.50.